The van der Waals surface area contributed by atoms with Gasteiger partial charge in [0.1, 0.15) is 18.7 Å². The Kier molecular flexibility index (Phi) is 19.8. The highest BCUT2D eigenvalue weighted by atomic mass is 16.5. The molecule has 0 fully saturated rings. The second-order valence-electron chi connectivity index (χ2n) is 10.3. The van der Waals surface area contributed by atoms with E-state index in [4.69, 9.17) is 33.1 Å². The molecule has 0 bridgehead atoms. The van der Waals surface area contributed by atoms with Crippen molar-refractivity contribution in [3.05, 3.63) is 42.0 Å². The number of imide groups is 1. The maximum Gasteiger partial charge on any atom is 0.404 e. The van der Waals surface area contributed by atoms with Gasteiger partial charge in [-0.25, -0.2) is 14.4 Å². The summed E-state index contributed by atoms with van der Waals surface area (Å²) in [5.41, 5.74) is 21.7. The van der Waals surface area contributed by atoms with Gasteiger partial charge in [0.15, 0.2) is 0 Å². The molecule has 2 atom stereocenters. The molecular weight excluding hydrogens is 606 g/mol. The Morgan fingerprint density at radius 3 is 1.96 bits per heavy atom. The van der Waals surface area contributed by atoms with Gasteiger partial charge in [-0.15, -0.1) is 0 Å². The van der Waals surface area contributed by atoms with E-state index in [1.807, 2.05) is 0 Å². The Morgan fingerprint density at radius 2 is 1.48 bits per heavy atom. The molecule has 12 N–H and O–H groups in total. The van der Waals surface area contributed by atoms with Crippen LogP contribution in [0.2, 0.25) is 0 Å². The van der Waals surface area contributed by atoms with Crippen molar-refractivity contribution in [1.82, 2.24) is 15.5 Å². The highest BCUT2D eigenvalue weighted by Crippen LogP contribution is 2.09. The van der Waals surface area contributed by atoms with Crippen LogP contribution in [0.3, 0.4) is 0 Å². The molecule has 1 aliphatic heterocycles. The van der Waals surface area contributed by atoms with E-state index in [-0.39, 0.29) is 36.7 Å². The molecular formula is C29H45N7O10. The standard InChI is InChI=1S/C15H22N2O5.C8H10N2O2.C6H13N3O3/c1-10(2)14(15(21)22)16-11(18)6-4-3-5-9-17-12(19)7-8-13(17)20;9-7-3-1-6(2-4-7)5-12-8(10)11;7-4(5(10)11)2-1-3-9-6(8)12/h7-8,10,14H,3-6,9H2,1-2H3,(H,16,18)(H,21,22);1-4H,5,9H2,(H2,10,11);4H,1-3,7H2,(H,10,11)(H3,8,9,12). The van der Waals surface area contributed by atoms with Gasteiger partial charge < -0.3 is 48.5 Å². The minimum atomic E-state index is -1.04. The van der Waals surface area contributed by atoms with E-state index >= 15 is 0 Å². The number of nitrogen functional groups attached to an aromatic ring is 1. The Hall–Kier alpha value is -5.19. The lowest BCUT2D eigenvalue weighted by atomic mass is 10.0. The van der Waals surface area contributed by atoms with E-state index in [0.717, 1.165) is 5.56 Å². The number of hydrogen-bond donors (Lipinski definition) is 8. The van der Waals surface area contributed by atoms with Crippen molar-refractivity contribution in [3.63, 3.8) is 0 Å². The number of rotatable bonds is 16. The number of benzene rings is 1. The molecule has 0 radical (unpaired) electrons. The number of primary amides is 2. The monoisotopic (exact) mass is 651 g/mol. The van der Waals surface area contributed by atoms with Gasteiger partial charge in [0, 0.05) is 37.3 Å². The van der Waals surface area contributed by atoms with Crippen LogP contribution < -0.4 is 33.6 Å². The van der Waals surface area contributed by atoms with Crippen molar-refractivity contribution in [2.75, 3.05) is 18.8 Å². The average Bonchev–Trinajstić information content (AvgIpc) is 3.30. The second-order valence-corrected chi connectivity index (χ2v) is 10.3. The smallest absolute Gasteiger partial charge is 0.404 e. The first-order valence-corrected chi connectivity index (χ1v) is 14.4. The Morgan fingerprint density at radius 1 is 0.891 bits per heavy atom. The first kappa shape index (κ1) is 40.8. The quantitative estimate of drug-likeness (QED) is 0.0684. The average molecular weight is 652 g/mol. The van der Waals surface area contributed by atoms with Crippen LogP contribution in [-0.2, 0) is 35.3 Å². The van der Waals surface area contributed by atoms with Gasteiger partial charge in [0.2, 0.25) is 5.91 Å². The van der Waals surface area contributed by atoms with Crippen molar-refractivity contribution < 1.29 is 48.5 Å². The molecule has 256 valence electrons. The minimum Gasteiger partial charge on any atom is -0.480 e. The Bertz CT molecular complexity index is 1190. The summed E-state index contributed by atoms with van der Waals surface area (Å²) in [6.45, 7) is 4.36. The maximum atomic E-state index is 11.7. The first-order valence-electron chi connectivity index (χ1n) is 14.4. The van der Waals surface area contributed by atoms with Gasteiger partial charge in [0.05, 0.1) is 0 Å². The van der Waals surface area contributed by atoms with E-state index in [9.17, 15) is 33.6 Å². The number of aliphatic carboxylic acids is 2. The third-order valence-corrected chi connectivity index (χ3v) is 6.10. The molecule has 0 aromatic heterocycles. The second kappa shape index (κ2) is 22.3. The molecule has 17 heteroatoms. The summed E-state index contributed by atoms with van der Waals surface area (Å²) in [5, 5.41) is 22.2. The fraction of sp³-hybridized carbons (Fsp3) is 0.483. The molecule has 46 heavy (non-hydrogen) atoms. The van der Waals surface area contributed by atoms with Gasteiger partial charge in [-0.3, -0.25) is 24.1 Å². The number of nitrogens with two attached hydrogens (primary N) is 4. The number of anilines is 1. The molecule has 0 spiro atoms. The van der Waals surface area contributed by atoms with Crippen molar-refractivity contribution in [2.45, 2.75) is 71.1 Å². The number of nitrogens with zero attached hydrogens (tertiary/aromatic N) is 1. The van der Waals surface area contributed by atoms with Crippen molar-refractivity contribution in [3.8, 4) is 0 Å². The van der Waals surface area contributed by atoms with Crippen LogP contribution in [0.1, 0.15) is 57.9 Å². The Balaban J connectivity index is 0.000000717. The fourth-order valence-electron chi connectivity index (χ4n) is 3.57. The van der Waals surface area contributed by atoms with Gasteiger partial charge in [-0.2, -0.15) is 0 Å². The number of nitrogens with one attached hydrogen (secondary N) is 2. The summed E-state index contributed by atoms with van der Waals surface area (Å²) in [6.07, 6.45) is 4.68. The molecule has 1 aromatic rings. The number of amides is 6. The molecule has 1 aliphatic rings. The summed E-state index contributed by atoms with van der Waals surface area (Å²) < 4.78 is 4.57. The van der Waals surface area contributed by atoms with Gasteiger partial charge in [-0.05, 0) is 49.3 Å². The lowest BCUT2D eigenvalue weighted by Crippen LogP contribution is -2.44. The highest BCUT2D eigenvalue weighted by molar-refractivity contribution is 6.12. The maximum absolute atomic E-state index is 11.7. The molecule has 0 saturated heterocycles. The zero-order valence-electron chi connectivity index (χ0n) is 26.0. The fourth-order valence-corrected chi connectivity index (χ4v) is 3.57. The van der Waals surface area contributed by atoms with Crippen molar-refractivity contribution >= 4 is 47.5 Å². The SMILES string of the molecule is CC(C)C(NC(=O)CCCCCN1C(=O)C=CC1=O)C(=O)O.NC(=O)NCCCC(N)C(=O)O.NC(=O)OCc1ccc(N)cc1. The molecule has 2 rings (SSSR count). The molecule has 1 heterocycles. The topological polar surface area (TPSA) is 301 Å². The number of carbonyl (C=O) groups is 7. The zero-order chi connectivity index (χ0) is 35.2. The summed E-state index contributed by atoms with van der Waals surface area (Å²) in [7, 11) is 0. The van der Waals surface area contributed by atoms with Gasteiger partial charge in [-0.1, -0.05) is 32.4 Å². The minimum absolute atomic E-state index is 0.179. The molecule has 1 aromatic carbocycles. The van der Waals surface area contributed by atoms with E-state index in [1.54, 1.807) is 38.1 Å². The summed E-state index contributed by atoms with van der Waals surface area (Å²) in [5.74, 6) is -3.15. The first-order chi connectivity index (χ1) is 21.5. The Labute approximate surface area is 266 Å². The summed E-state index contributed by atoms with van der Waals surface area (Å²) >= 11 is 0. The van der Waals surface area contributed by atoms with Gasteiger partial charge in [0.25, 0.3) is 11.8 Å². The normalized spacial score (nSPS) is 13.0. The summed E-state index contributed by atoms with van der Waals surface area (Å²) in [6, 6.07) is 4.67. The van der Waals surface area contributed by atoms with Crippen LogP contribution in [0.25, 0.3) is 0 Å². The van der Waals surface area contributed by atoms with Crippen LogP contribution in [0.15, 0.2) is 36.4 Å². The molecule has 2 unspecified atom stereocenters. The van der Waals surface area contributed by atoms with E-state index in [0.29, 0.717) is 50.9 Å². The number of hydrogen-bond acceptors (Lipinski definition) is 10. The van der Waals surface area contributed by atoms with Crippen molar-refractivity contribution in [1.29, 1.82) is 0 Å². The predicted molar refractivity (Wildman–Crippen MR) is 166 cm³/mol. The number of carboxylic acid groups (broad SMARTS) is 2. The van der Waals surface area contributed by atoms with E-state index in [1.165, 1.54) is 17.1 Å². The van der Waals surface area contributed by atoms with Crippen LogP contribution in [0, 0.1) is 5.92 Å². The van der Waals surface area contributed by atoms with Gasteiger partial charge >= 0.3 is 24.1 Å². The lowest BCUT2D eigenvalue weighted by molar-refractivity contribution is -0.143. The number of carbonyl (C=O) groups excluding carboxylic acids is 5. The molecule has 0 aliphatic carbocycles. The van der Waals surface area contributed by atoms with Crippen LogP contribution in [0.5, 0.6) is 0 Å². The number of ether oxygens (including phenoxy) is 1. The third kappa shape index (κ3) is 19.2. The number of urea groups is 1. The van der Waals surface area contributed by atoms with Crippen molar-refractivity contribution in [2.24, 2.45) is 23.1 Å². The van der Waals surface area contributed by atoms with Crippen LogP contribution in [0.4, 0.5) is 15.3 Å². The van der Waals surface area contributed by atoms with E-state index in [2.05, 4.69) is 15.4 Å². The molecule has 0 saturated carbocycles. The number of carboxylic acids is 2. The van der Waals surface area contributed by atoms with Crippen LogP contribution >= 0.6 is 0 Å². The highest BCUT2D eigenvalue weighted by Gasteiger charge is 2.24. The number of unbranched alkanes of at least 4 members (excludes halogenated alkanes) is 2. The largest absolute Gasteiger partial charge is 0.480 e. The molecule has 6 amide bonds. The predicted octanol–water partition coefficient (Wildman–Crippen LogP) is 0.408. The van der Waals surface area contributed by atoms with Crippen LogP contribution in [-0.4, -0.2) is 82.1 Å². The zero-order valence-corrected chi connectivity index (χ0v) is 26.0. The summed E-state index contributed by atoms with van der Waals surface area (Å²) in [4.78, 5) is 77.0. The van der Waals surface area contributed by atoms with E-state index < -0.39 is 36.1 Å². The third-order valence-electron chi connectivity index (χ3n) is 6.10. The molecule has 17 nitrogen and oxygen atoms in total. The lowest BCUT2D eigenvalue weighted by Gasteiger charge is -2.18.